The summed E-state index contributed by atoms with van der Waals surface area (Å²) in [4.78, 5) is 22.7. The third-order valence-corrected chi connectivity index (χ3v) is 4.46. The molecule has 0 bridgehead atoms. The average Bonchev–Trinajstić information content (AvgIpc) is 3.34. The first kappa shape index (κ1) is 17.3. The summed E-state index contributed by atoms with van der Waals surface area (Å²) >= 11 is 0. The van der Waals surface area contributed by atoms with Crippen molar-refractivity contribution < 1.29 is 19.4 Å². The summed E-state index contributed by atoms with van der Waals surface area (Å²) in [5, 5.41) is 11.8. The van der Waals surface area contributed by atoms with E-state index < -0.39 is 11.4 Å². The Bertz CT molecular complexity index is 534. The van der Waals surface area contributed by atoms with Gasteiger partial charge >= 0.3 is 5.97 Å². The van der Waals surface area contributed by atoms with E-state index in [9.17, 15) is 9.59 Å². The Morgan fingerprint density at radius 1 is 1.17 bits per heavy atom. The first-order valence-electron chi connectivity index (χ1n) is 8.19. The van der Waals surface area contributed by atoms with Crippen molar-refractivity contribution in [3.63, 3.8) is 0 Å². The van der Waals surface area contributed by atoms with Gasteiger partial charge < -0.3 is 15.2 Å². The second-order valence-electron chi connectivity index (χ2n) is 6.27. The zero-order valence-corrected chi connectivity index (χ0v) is 13.6. The molecule has 5 nitrogen and oxygen atoms in total. The number of unbranched alkanes of at least 4 members (excludes halogenated alkanes) is 2. The molecule has 1 fully saturated rings. The molecule has 0 heterocycles. The van der Waals surface area contributed by atoms with Gasteiger partial charge in [-0.25, -0.2) is 0 Å². The third kappa shape index (κ3) is 5.27. The Hall–Kier alpha value is -2.04. The van der Waals surface area contributed by atoms with Crippen molar-refractivity contribution in [3.05, 3.63) is 29.8 Å². The van der Waals surface area contributed by atoms with Gasteiger partial charge in [-0.3, -0.25) is 9.59 Å². The lowest BCUT2D eigenvalue weighted by atomic mass is 10.1. The second kappa shape index (κ2) is 7.99. The van der Waals surface area contributed by atoms with Crippen LogP contribution in [0.4, 0.5) is 0 Å². The summed E-state index contributed by atoms with van der Waals surface area (Å²) in [7, 11) is 1.65. The number of amides is 1. The van der Waals surface area contributed by atoms with Gasteiger partial charge in [0.15, 0.2) is 0 Å². The first-order chi connectivity index (χ1) is 11.1. The van der Waals surface area contributed by atoms with E-state index in [1.54, 1.807) is 7.11 Å². The van der Waals surface area contributed by atoms with Gasteiger partial charge in [-0.1, -0.05) is 18.6 Å². The minimum Gasteiger partial charge on any atom is -0.497 e. The quantitative estimate of drug-likeness (QED) is 0.650. The van der Waals surface area contributed by atoms with Crippen molar-refractivity contribution in [2.75, 3.05) is 13.7 Å². The minimum absolute atomic E-state index is 0.0398. The van der Waals surface area contributed by atoms with E-state index in [2.05, 4.69) is 17.4 Å². The highest BCUT2D eigenvalue weighted by Crippen LogP contribution is 2.45. The number of methoxy groups -OCH3 is 1. The molecule has 5 heteroatoms. The van der Waals surface area contributed by atoms with Crippen LogP contribution in [0, 0.1) is 5.41 Å². The Labute approximate surface area is 137 Å². The maximum Gasteiger partial charge on any atom is 0.311 e. The van der Waals surface area contributed by atoms with E-state index in [1.807, 2.05) is 12.1 Å². The van der Waals surface area contributed by atoms with Crippen LogP contribution in [0.3, 0.4) is 0 Å². The average molecular weight is 319 g/mol. The molecule has 126 valence electrons. The van der Waals surface area contributed by atoms with Gasteiger partial charge in [-0.2, -0.15) is 0 Å². The minimum atomic E-state index is -0.794. The molecule has 0 saturated heterocycles. The Balaban J connectivity index is 1.54. The number of benzene rings is 1. The molecule has 2 N–H and O–H groups in total. The molecule has 1 saturated carbocycles. The van der Waals surface area contributed by atoms with Crippen molar-refractivity contribution in [2.24, 2.45) is 5.41 Å². The zero-order valence-electron chi connectivity index (χ0n) is 13.6. The molecule has 1 aromatic rings. The Morgan fingerprint density at radius 3 is 2.43 bits per heavy atom. The van der Waals surface area contributed by atoms with Crippen molar-refractivity contribution in [3.8, 4) is 5.75 Å². The monoisotopic (exact) mass is 319 g/mol. The van der Waals surface area contributed by atoms with Gasteiger partial charge in [0.05, 0.1) is 12.5 Å². The molecule has 0 spiro atoms. The van der Waals surface area contributed by atoms with E-state index in [1.165, 1.54) is 5.56 Å². The van der Waals surface area contributed by atoms with Crippen LogP contribution in [0.1, 0.15) is 44.1 Å². The lowest BCUT2D eigenvalue weighted by Crippen LogP contribution is -2.34. The maximum atomic E-state index is 11.7. The molecule has 0 aliphatic heterocycles. The SMILES string of the molecule is COc1ccc(CCCCCC(=O)NCC2(C(=O)O)CC2)cc1. The highest BCUT2D eigenvalue weighted by atomic mass is 16.5. The third-order valence-electron chi connectivity index (χ3n) is 4.46. The molecule has 1 amide bonds. The summed E-state index contributed by atoms with van der Waals surface area (Å²) in [6, 6.07) is 8.04. The number of aryl methyl sites for hydroxylation is 1. The summed E-state index contributed by atoms with van der Waals surface area (Å²) in [5.74, 6) is 0.0273. The van der Waals surface area contributed by atoms with Crippen LogP contribution >= 0.6 is 0 Å². The number of carboxylic acids is 1. The van der Waals surface area contributed by atoms with Gasteiger partial charge in [0.1, 0.15) is 5.75 Å². The van der Waals surface area contributed by atoms with Gasteiger partial charge in [-0.05, 0) is 49.8 Å². The van der Waals surface area contributed by atoms with E-state index in [4.69, 9.17) is 9.84 Å². The normalized spacial score (nSPS) is 15.0. The smallest absolute Gasteiger partial charge is 0.311 e. The number of ether oxygens (including phenoxy) is 1. The van der Waals surface area contributed by atoms with E-state index in [0.717, 1.165) is 31.4 Å². The van der Waals surface area contributed by atoms with Crippen LogP contribution in [-0.4, -0.2) is 30.6 Å². The number of rotatable bonds is 10. The fraction of sp³-hybridized carbons (Fsp3) is 0.556. The molecule has 23 heavy (non-hydrogen) atoms. The molecule has 2 rings (SSSR count). The van der Waals surface area contributed by atoms with Crippen LogP contribution < -0.4 is 10.1 Å². The highest BCUT2D eigenvalue weighted by molar-refractivity contribution is 5.80. The van der Waals surface area contributed by atoms with Crippen LogP contribution in [0.5, 0.6) is 5.75 Å². The van der Waals surface area contributed by atoms with Crippen LogP contribution in [0.15, 0.2) is 24.3 Å². The van der Waals surface area contributed by atoms with Crippen LogP contribution in [-0.2, 0) is 16.0 Å². The second-order valence-corrected chi connectivity index (χ2v) is 6.27. The van der Waals surface area contributed by atoms with Gasteiger partial charge in [0.25, 0.3) is 0 Å². The molecule has 0 unspecified atom stereocenters. The topological polar surface area (TPSA) is 75.6 Å². The summed E-state index contributed by atoms with van der Waals surface area (Å²) < 4.78 is 5.12. The Kier molecular flexibility index (Phi) is 6.02. The molecule has 1 aliphatic rings. The molecule has 0 radical (unpaired) electrons. The van der Waals surface area contributed by atoms with E-state index >= 15 is 0 Å². The van der Waals surface area contributed by atoms with Crippen molar-refractivity contribution in [2.45, 2.75) is 44.9 Å². The van der Waals surface area contributed by atoms with E-state index in [0.29, 0.717) is 19.3 Å². The maximum absolute atomic E-state index is 11.7. The van der Waals surface area contributed by atoms with Gasteiger partial charge in [0.2, 0.25) is 5.91 Å². The summed E-state index contributed by atoms with van der Waals surface area (Å²) in [5.41, 5.74) is 0.594. The zero-order chi connectivity index (χ0) is 16.7. The van der Waals surface area contributed by atoms with E-state index in [-0.39, 0.29) is 12.5 Å². The number of nitrogens with one attached hydrogen (secondary N) is 1. The van der Waals surface area contributed by atoms with Gasteiger partial charge in [-0.15, -0.1) is 0 Å². The largest absolute Gasteiger partial charge is 0.497 e. The highest BCUT2D eigenvalue weighted by Gasteiger charge is 2.50. The fourth-order valence-corrected chi connectivity index (χ4v) is 2.56. The number of carbonyl (C=O) groups excluding carboxylic acids is 1. The number of carbonyl (C=O) groups is 2. The summed E-state index contributed by atoms with van der Waals surface area (Å²) in [6.45, 7) is 0.271. The summed E-state index contributed by atoms with van der Waals surface area (Å²) in [6.07, 6.45) is 5.67. The molecule has 1 aromatic carbocycles. The van der Waals surface area contributed by atoms with Crippen molar-refractivity contribution >= 4 is 11.9 Å². The van der Waals surface area contributed by atoms with Crippen molar-refractivity contribution in [1.82, 2.24) is 5.32 Å². The fourth-order valence-electron chi connectivity index (χ4n) is 2.56. The lowest BCUT2D eigenvalue weighted by Gasteiger charge is -2.11. The number of carboxylic acid groups (broad SMARTS) is 1. The number of hydrogen-bond donors (Lipinski definition) is 2. The number of hydrogen-bond acceptors (Lipinski definition) is 3. The lowest BCUT2D eigenvalue weighted by molar-refractivity contribution is -0.143. The van der Waals surface area contributed by atoms with Gasteiger partial charge in [0, 0.05) is 13.0 Å². The molecular weight excluding hydrogens is 294 g/mol. The predicted molar refractivity (Wildman–Crippen MR) is 87.5 cm³/mol. The van der Waals surface area contributed by atoms with Crippen LogP contribution in [0.25, 0.3) is 0 Å². The molecule has 0 aromatic heterocycles. The first-order valence-corrected chi connectivity index (χ1v) is 8.19. The Morgan fingerprint density at radius 2 is 1.87 bits per heavy atom. The molecule has 1 aliphatic carbocycles. The molecular formula is C18H25NO4. The van der Waals surface area contributed by atoms with Crippen LogP contribution in [0.2, 0.25) is 0 Å². The van der Waals surface area contributed by atoms with Crippen molar-refractivity contribution in [1.29, 1.82) is 0 Å². The number of aliphatic carboxylic acids is 1. The predicted octanol–water partition coefficient (Wildman–Crippen LogP) is 2.78. The molecule has 0 atom stereocenters. The standard InChI is InChI=1S/C18H25NO4/c1-23-15-9-7-14(8-10-15)5-3-2-4-6-16(20)19-13-18(11-12-18)17(21)22/h7-10H,2-6,11-13H2,1H3,(H,19,20)(H,21,22).